The van der Waals surface area contributed by atoms with Crippen LogP contribution in [0.25, 0.3) is 0 Å². The first-order chi connectivity index (χ1) is 10.2. The first-order valence-electron chi connectivity index (χ1n) is 8.01. The maximum atomic E-state index is 6.60. The Kier molecular flexibility index (Phi) is 3.12. The monoisotopic (exact) mass is 288 g/mol. The van der Waals surface area contributed by atoms with Crippen LogP contribution in [0.4, 0.5) is 0 Å². The Bertz CT molecular complexity index is 548. The molecule has 0 saturated carbocycles. The predicted molar refractivity (Wildman–Crippen MR) is 81.9 cm³/mol. The van der Waals surface area contributed by atoms with Gasteiger partial charge in [0.15, 0.2) is 0 Å². The van der Waals surface area contributed by atoms with E-state index < -0.39 is 0 Å². The molecule has 2 saturated heterocycles. The van der Waals surface area contributed by atoms with E-state index in [-0.39, 0.29) is 5.60 Å². The molecule has 21 heavy (non-hydrogen) atoms. The Morgan fingerprint density at radius 3 is 3.10 bits per heavy atom. The Morgan fingerprint density at radius 2 is 2.29 bits per heavy atom. The van der Waals surface area contributed by atoms with Crippen molar-refractivity contribution in [3.63, 3.8) is 0 Å². The van der Waals surface area contributed by atoms with Crippen molar-refractivity contribution >= 4 is 0 Å². The molecule has 2 bridgehead atoms. The van der Waals surface area contributed by atoms with Crippen LogP contribution in [0.2, 0.25) is 0 Å². The van der Waals surface area contributed by atoms with Crippen LogP contribution in [0, 0.1) is 5.92 Å². The van der Waals surface area contributed by atoms with E-state index in [0.717, 1.165) is 24.3 Å². The quantitative estimate of drug-likeness (QED) is 0.904. The van der Waals surface area contributed by atoms with Crippen LogP contribution in [-0.2, 0) is 0 Å². The van der Waals surface area contributed by atoms with Crippen LogP contribution in [0.3, 0.4) is 0 Å². The Morgan fingerprint density at radius 1 is 1.38 bits per heavy atom. The van der Waals surface area contributed by atoms with E-state index >= 15 is 0 Å². The van der Waals surface area contributed by atoms with Crippen LogP contribution >= 0.6 is 0 Å². The first-order valence-corrected chi connectivity index (χ1v) is 8.01. The van der Waals surface area contributed by atoms with Gasteiger partial charge in [-0.15, -0.1) is 0 Å². The summed E-state index contributed by atoms with van der Waals surface area (Å²) in [6, 6.07) is 6.57. The number of piperidine rings is 1. The number of nitrogens with zero attached hydrogens (tertiary/aromatic N) is 1. The minimum Gasteiger partial charge on any atom is -0.497 e. The molecule has 4 heteroatoms. The molecule has 2 fully saturated rings. The van der Waals surface area contributed by atoms with E-state index in [1.54, 1.807) is 7.11 Å². The molecule has 1 N–H and O–H groups in total. The number of fused-ring (bicyclic) bond motifs is 4. The van der Waals surface area contributed by atoms with Gasteiger partial charge >= 0.3 is 0 Å². The van der Waals surface area contributed by atoms with Gasteiger partial charge < -0.3 is 19.7 Å². The molecule has 0 amide bonds. The molecule has 0 aliphatic carbocycles. The topological polar surface area (TPSA) is 33.7 Å². The molecule has 1 aromatic carbocycles. The first kappa shape index (κ1) is 13.4. The zero-order valence-corrected chi connectivity index (χ0v) is 12.9. The highest BCUT2D eigenvalue weighted by Gasteiger charge is 2.51. The van der Waals surface area contributed by atoms with Gasteiger partial charge in [0.2, 0.25) is 0 Å². The van der Waals surface area contributed by atoms with Gasteiger partial charge in [0, 0.05) is 43.5 Å². The average Bonchev–Trinajstić information content (AvgIpc) is 2.95. The van der Waals surface area contributed by atoms with Gasteiger partial charge in [-0.05, 0) is 38.2 Å². The van der Waals surface area contributed by atoms with Gasteiger partial charge in [-0.3, -0.25) is 0 Å². The number of methoxy groups -OCH3 is 1. The molecular formula is C17H24N2O2. The summed E-state index contributed by atoms with van der Waals surface area (Å²) < 4.78 is 12.0. The van der Waals surface area contributed by atoms with Crippen LogP contribution in [0.1, 0.15) is 30.9 Å². The van der Waals surface area contributed by atoms with Crippen molar-refractivity contribution in [1.29, 1.82) is 0 Å². The van der Waals surface area contributed by atoms with E-state index in [4.69, 9.17) is 9.47 Å². The molecule has 4 unspecified atom stereocenters. The van der Waals surface area contributed by atoms with Gasteiger partial charge in [-0.2, -0.15) is 0 Å². The number of hydrogen-bond donors (Lipinski definition) is 1. The molecule has 1 spiro atoms. The van der Waals surface area contributed by atoms with Crippen LogP contribution in [0.15, 0.2) is 18.2 Å². The van der Waals surface area contributed by atoms with Crippen molar-refractivity contribution in [2.45, 2.75) is 30.9 Å². The Balaban J connectivity index is 1.71. The SMILES string of the molecule is CNC1CC2(CCN3CCC2C3)Oc2ccc(OC)cc21. The smallest absolute Gasteiger partial charge is 0.125 e. The van der Waals surface area contributed by atoms with Gasteiger partial charge in [0.1, 0.15) is 17.1 Å². The number of benzene rings is 1. The zero-order valence-electron chi connectivity index (χ0n) is 12.9. The molecule has 3 aliphatic heterocycles. The number of nitrogens with one attached hydrogen (secondary N) is 1. The molecule has 0 radical (unpaired) electrons. The summed E-state index contributed by atoms with van der Waals surface area (Å²) >= 11 is 0. The molecule has 4 atom stereocenters. The summed E-state index contributed by atoms with van der Waals surface area (Å²) in [5.74, 6) is 2.63. The van der Waals surface area contributed by atoms with E-state index in [2.05, 4.69) is 29.4 Å². The summed E-state index contributed by atoms with van der Waals surface area (Å²) in [5, 5.41) is 3.49. The van der Waals surface area contributed by atoms with Crippen LogP contribution < -0.4 is 14.8 Å². The maximum absolute atomic E-state index is 6.60. The van der Waals surface area contributed by atoms with Crippen molar-refractivity contribution in [2.24, 2.45) is 5.92 Å². The summed E-state index contributed by atoms with van der Waals surface area (Å²) in [7, 11) is 3.77. The summed E-state index contributed by atoms with van der Waals surface area (Å²) in [6.07, 6.45) is 3.51. The summed E-state index contributed by atoms with van der Waals surface area (Å²) in [4.78, 5) is 2.58. The third-order valence-electron chi connectivity index (χ3n) is 5.67. The predicted octanol–water partition coefficient (Wildman–Crippen LogP) is 2.20. The van der Waals surface area contributed by atoms with Gasteiger partial charge in [0.05, 0.1) is 7.11 Å². The molecule has 4 rings (SSSR count). The zero-order chi connectivity index (χ0) is 14.4. The lowest BCUT2D eigenvalue weighted by molar-refractivity contribution is -0.0468. The number of hydrogen-bond acceptors (Lipinski definition) is 4. The molecule has 3 heterocycles. The van der Waals surface area contributed by atoms with Crippen LogP contribution in [-0.4, -0.2) is 44.3 Å². The maximum Gasteiger partial charge on any atom is 0.125 e. The third-order valence-corrected chi connectivity index (χ3v) is 5.67. The molecule has 1 aromatic rings. The second-order valence-corrected chi connectivity index (χ2v) is 6.65. The van der Waals surface area contributed by atoms with Gasteiger partial charge in [-0.25, -0.2) is 0 Å². The summed E-state index contributed by atoms with van der Waals surface area (Å²) in [6.45, 7) is 3.63. The molecule has 3 aliphatic rings. The Labute approximate surface area is 126 Å². The van der Waals surface area contributed by atoms with Crippen molar-refractivity contribution in [2.75, 3.05) is 33.8 Å². The number of ether oxygens (including phenoxy) is 2. The second-order valence-electron chi connectivity index (χ2n) is 6.65. The highest BCUT2D eigenvalue weighted by molar-refractivity contribution is 5.44. The molecular weight excluding hydrogens is 264 g/mol. The van der Waals surface area contributed by atoms with Crippen LogP contribution in [0.5, 0.6) is 11.5 Å². The second kappa shape index (κ2) is 4.89. The molecule has 114 valence electrons. The minimum atomic E-state index is 0.0300. The summed E-state index contributed by atoms with van der Waals surface area (Å²) in [5.41, 5.74) is 1.27. The molecule has 0 aromatic heterocycles. The van der Waals surface area contributed by atoms with E-state index in [1.165, 1.54) is 31.6 Å². The lowest BCUT2D eigenvalue weighted by atomic mass is 9.74. The van der Waals surface area contributed by atoms with Crippen molar-refractivity contribution in [3.05, 3.63) is 23.8 Å². The lowest BCUT2D eigenvalue weighted by Crippen LogP contribution is -2.54. The largest absolute Gasteiger partial charge is 0.497 e. The van der Waals surface area contributed by atoms with Crippen molar-refractivity contribution in [1.82, 2.24) is 10.2 Å². The van der Waals surface area contributed by atoms with E-state index in [0.29, 0.717) is 12.0 Å². The van der Waals surface area contributed by atoms with Crippen molar-refractivity contribution < 1.29 is 9.47 Å². The number of rotatable bonds is 2. The average molecular weight is 288 g/mol. The minimum absolute atomic E-state index is 0.0300. The van der Waals surface area contributed by atoms with Gasteiger partial charge in [0.25, 0.3) is 0 Å². The highest BCUT2D eigenvalue weighted by Crippen LogP contribution is 2.49. The molecule has 4 nitrogen and oxygen atoms in total. The normalized spacial score (nSPS) is 37.1. The highest BCUT2D eigenvalue weighted by atomic mass is 16.5. The lowest BCUT2D eigenvalue weighted by Gasteiger charge is -2.48. The van der Waals surface area contributed by atoms with Crippen molar-refractivity contribution in [3.8, 4) is 11.5 Å². The van der Waals surface area contributed by atoms with Gasteiger partial charge in [-0.1, -0.05) is 0 Å². The standard InChI is InChI=1S/C17H24N2O2/c1-18-15-10-17(6-8-19-7-5-12(17)11-19)21-16-4-3-13(20-2)9-14(15)16/h3-4,9,12,15,18H,5-8,10-11H2,1-2H3. The fraction of sp³-hybridized carbons (Fsp3) is 0.647. The van der Waals surface area contributed by atoms with E-state index in [9.17, 15) is 0 Å². The van der Waals surface area contributed by atoms with E-state index in [1.807, 2.05) is 6.07 Å². The fourth-order valence-corrected chi connectivity index (χ4v) is 4.41. The Hall–Kier alpha value is -1.26. The fourth-order valence-electron chi connectivity index (χ4n) is 4.41. The third kappa shape index (κ3) is 2.04.